The van der Waals surface area contributed by atoms with Gasteiger partial charge in [0.2, 0.25) is 0 Å². The standard InChI is InChI=1S/C11H9ClN2O3/c1-3-7(2)13-11(15)9-5-4-8(12)6-10(9)14(16)17/h1,4-7H,2H3,(H,13,15). The third-order valence-corrected chi connectivity index (χ3v) is 2.23. The number of nitro benzene ring substituents is 1. The van der Waals surface area contributed by atoms with Crippen LogP contribution in [-0.2, 0) is 0 Å². The average Bonchev–Trinajstić information content (AvgIpc) is 2.28. The van der Waals surface area contributed by atoms with Crippen molar-refractivity contribution in [1.82, 2.24) is 5.32 Å². The molecule has 0 fully saturated rings. The molecule has 88 valence electrons. The number of hydrogen-bond acceptors (Lipinski definition) is 3. The van der Waals surface area contributed by atoms with Crippen LogP contribution < -0.4 is 5.32 Å². The van der Waals surface area contributed by atoms with Gasteiger partial charge >= 0.3 is 0 Å². The van der Waals surface area contributed by atoms with Crippen molar-refractivity contribution in [2.45, 2.75) is 13.0 Å². The van der Waals surface area contributed by atoms with E-state index in [1.165, 1.54) is 12.1 Å². The number of terminal acetylenes is 1. The lowest BCUT2D eigenvalue weighted by molar-refractivity contribution is -0.385. The number of carbonyl (C=O) groups is 1. The molecule has 1 aromatic rings. The molecule has 1 amide bonds. The molecule has 0 spiro atoms. The second-order valence-electron chi connectivity index (χ2n) is 3.28. The number of nitro groups is 1. The van der Waals surface area contributed by atoms with Crippen molar-refractivity contribution in [2.75, 3.05) is 0 Å². The van der Waals surface area contributed by atoms with E-state index in [4.69, 9.17) is 18.0 Å². The highest BCUT2D eigenvalue weighted by Crippen LogP contribution is 2.23. The molecule has 6 heteroatoms. The highest BCUT2D eigenvalue weighted by molar-refractivity contribution is 6.31. The van der Waals surface area contributed by atoms with Crippen LogP contribution in [0.2, 0.25) is 5.02 Å². The average molecular weight is 253 g/mol. The number of nitrogens with zero attached hydrogens (tertiary/aromatic N) is 1. The summed E-state index contributed by atoms with van der Waals surface area (Å²) in [6.07, 6.45) is 5.10. The van der Waals surface area contributed by atoms with Crippen molar-refractivity contribution < 1.29 is 9.72 Å². The molecule has 0 aliphatic rings. The van der Waals surface area contributed by atoms with Crippen LogP contribution in [-0.4, -0.2) is 16.9 Å². The monoisotopic (exact) mass is 252 g/mol. The Labute approximate surface area is 103 Å². The SMILES string of the molecule is C#CC(C)NC(=O)c1ccc(Cl)cc1[N+](=O)[O-]. The van der Waals surface area contributed by atoms with Crippen LogP contribution in [0.3, 0.4) is 0 Å². The Bertz CT molecular complexity index is 508. The van der Waals surface area contributed by atoms with Gasteiger partial charge in [-0.05, 0) is 19.1 Å². The molecule has 0 aromatic heterocycles. The molecule has 0 saturated carbocycles. The fourth-order valence-electron chi connectivity index (χ4n) is 1.16. The van der Waals surface area contributed by atoms with Gasteiger partial charge in [-0.2, -0.15) is 0 Å². The summed E-state index contributed by atoms with van der Waals surface area (Å²) in [5.74, 6) is 1.70. The smallest absolute Gasteiger partial charge is 0.283 e. The molecule has 0 aliphatic heterocycles. The summed E-state index contributed by atoms with van der Waals surface area (Å²) >= 11 is 5.63. The van der Waals surface area contributed by atoms with Crippen molar-refractivity contribution >= 4 is 23.2 Å². The largest absolute Gasteiger partial charge is 0.338 e. The zero-order chi connectivity index (χ0) is 13.0. The molecule has 0 heterocycles. The number of benzene rings is 1. The van der Waals surface area contributed by atoms with Crippen LogP contribution in [0, 0.1) is 22.5 Å². The van der Waals surface area contributed by atoms with Gasteiger partial charge < -0.3 is 5.32 Å². The number of halogens is 1. The van der Waals surface area contributed by atoms with Gasteiger partial charge in [-0.15, -0.1) is 6.42 Å². The van der Waals surface area contributed by atoms with Gasteiger partial charge in [-0.3, -0.25) is 14.9 Å². The zero-order valence-corrected chi connectivity index (χ0v) is 9.69. The summed E-state index contributed by atoms with van der Waals surface area (Å²) in [7, 11) is 0. The predicted molar refractivity (Wildman–Crippen MR) is 63.9 cm³/mol. The Morgan fingerprint density at radius 2 is 2.29 bits per heavy atom. The molecule has 1 rings (SSSR count). The third kappa shape index (κ3) is 3.20. The maximum Gasteiger partial charge on any atom is 0.283 e. The zero-order valence-electron chi connectivity index (χ0n) is 8.94. The molecule has 17 heavy (non-hydrogen) atoms. The van der Waals surface area contributed by atoms with Gasteiger partial charge in [0.15, 0.2) is 0 Å². The Kier molecular flexibility index (Phi) is 4.07. The fourth-order valence-corrected chi connectivity index (χ4v) is 1.33. The number of carbonyl (C=O) groups excluding carboxylic acids is 1. The van der Waals surface area contributed by atoms with Gasteiger partial charge in [0.25, 0.3) is 11.6 Å². The quantitative estimate of drug-likeness (QED) is 0.508. The molecule has 0 bridgehead atoms. The maximum absolute atomic E-state index is 11.7. The van der Waals surface area contributed by atoms with Gasteiger partial charge in [0.1, 0.15) is 5.56 Å². The first kappa shape index (κ1) is 13.0. The van der Waals surface area contributed by atoms with E-state index in [0.717, 1.165) is 6.07 Å². The molecule has 1 atom stereocenters. The molecular formula is C11H9ClN2O3. The van der Waals surface area contributed by atoms with Crippen LogP contribution in [0.5, 0.6) is 0 Å². The molecule has 0 radical (unpaired) electrons. The van der Waals surface area contributed by atoms with Crippen LogP contribution in [0.4, 0.5) is 5.69 Å². The van der Waals surface area contributed by atoms with Crippen LogP contribution in [0.15, 0.2) is 18.2 Å². The second-order valence-corrected chi connectivity index (χ2v) is 3.72. The van der Waals surface area contributed by atoms with Crippen LogP contribution >= 0.6 is 11.6 Å². The molecular weight excluding hydrogens is 244 g/mol. The van der Waals surface area contributed by atoms with E-state index in [2.05, 4.69) is 11.2 Å². The summed E-state index contributed by atoms with van der Waals surface area (Å²) in [6, 6.07) is 3.32. The predicted octanol–water partition coefficient (Wildman–Crippen LogP) is 2.00. The maximum atomic E-state index is 11.7. The topological polar surface area (TPSA) is 72.2 Å². The summed E-state index contributed by atoms with van der Waals surface area (Å²) in [5.41, 5.74) is -0.416. The molecule has 0 aliphatic carbocycles. The first-order valence-electron chi connectivity index (χ1n) is 4.66. The van der Waals surface area contributed by atoms with Crippen molar-refractivity contribution in [3.63, 3.8) is 0 Å². The summed E-state index contributed by atoms with van der Waals surface area (Å²) in [4.78, 5) is 21.8. The molecule has 0 saturated heterocycles. The van der Waals surface area contributed by atoms with Crippen molar-refractivity contribution in [1.29, 1.82) is 0 Å². The van der Waals surface area contributed by atoms with Gasteiger partial charge in [0, 0.05) is 11.1 Å². The van der Waals surface area contributed by atoms with E-state index < -0.39 is 16.9 Å². The Morgan fingerprint density at radius 1 is 1.65 bits per heavy atom. The van der Waals surface area contributed by atoms with E-state index in [1.807, 2.05) is 0 Å². The van der Waals surface area contributed by atoms with Crippen molar-refractivity contribution in [3.05, 3.63) is 38.9 Å². The summed E-state index contributed by atoms with van der Waals surface area (Å²) in [5, 5.41) is 13.4. The van der Waals surface area contributed by atoms with Crippen LogP contribution in [0.25, 0.3) is 0 Å². The third-order valence-electron chi connectivity index (χ3n) is 2.00. The normalized spacial score (nSPS) is 11.4. The molecule has 5 nitrogen and oxygen atoms in total. The van der Waals surface area contributed by atoms with E-state index in [1.54, 1.807) is 6.92 Å². The lowest BCUT2D eigenvalue weighted by Gasteiger charge is -2.08. The molecule has 1 aromatic carbocycles. The van der Waals surface area contributed by atoms with Gasteiger partial charge in [-0.25, -0.2) is 0 Å². The first-order valence-corrected chi connectivity index (χ1v) is 5.04. The summed E-state index contributed by atoms with van der Waals surface area (Å²) in [6.45, 7) is 1.60. The summed E-state index contributed by atoms with van der Waals surface area (Å²) < 4.78 is 0. The second kappa shape index (κ2) is 5.32. The number of rotatable bonds is 3. The first-order chi connectivity index (χ1) is 7.95. The van der Waals surface area contributed by atoms with Crippen molar-refractivity contribution in [3.8, 4) is 12.3 Å². The number of nitrogens with one attached hydrogen (secondary N) is 1. The number of hydrogen-bond donors (Lipinski definition) is 1. The lowest BCUT2D eigenvalue weighted by Crippen LogP contribution is -2.31. The molecule has 1 unspecified atom stereocenters. The number of amides is 1. The van der Waals surface area contributed by atoms with Crippen molar-refractivity contribution in [2.24, 2.45) is 0 Å². The fraction of sp³-hybridized carbons (Fsp3) is 0.182. The van der Waals surface area contributed by atoms with E-state index in [9.17, 15) is 14.9 Å². The van der Waals surface area contributed by atoms with E-state index in [0.29, 0.717) is 0 Å². The minimum atomic E-state index is -0.665. The highest BCUT2D eigenvalue weighted by atomic mass is 35.5. The minimum Gasteiger partial charge on any atom is -0.338 e. The Balaban J connectivity index is 3.10. The highest BCUT2D eigenvalue weighted by Gasteiger charge is 2.21. The molecule has 1 N–H and O–H groups in total. The minimum absolute atomic E-state index is 0.0681. The van der Waals surface area contributed by atoms with Crippen LogP contribution in [0.1, 0.15) is 17.3 Å². The van der Waals surface area contributed by atoms with Gasteiger partial charge in [0.05, 0.1) is 11.0 Å². The lowest BCUT2D eigenvalue weighted by atomic mass is 10.1. The van der Waals surface area contributed by atoms with Gasteiger partial charge in [-0.1, -0.05) is 17.5 Å². The van der Waals surface area contributed by atoms with E-state index >= 15 is 0 Å². The Hall–Kier alpha value is -2.06. The van der Waals surface area contributed by atoms with E-state index in [-0.39, 0.29) is 16.3 Å². The Morgan fingerprint density at radius 3 is 2.82 bits per heavy atom.